The molecule has 3 heterocycles. The number of aliphatic hydroxyl groups excluding tert-OH is 1. The van der Waals surface area contributed by atoms with Gasteiger partial charge in [-0.2, -0.15) is 0 Å². The van der Waals surface area contributed by atoms with E-state index in [2.05, 4.69) is 26.0 Å². The summed E-state index contributed by atoms with van der Waals surface area (Å²) < 4.78 is 12.2. The van der Waals surface area contributed by atoms with Crippen molar-refractivity contribution < 1.29 is 23.8 Å². The van der Waals surface area contributed by atoms with E-state index in [0.29, 0.717) is 30.2 Å². The maximum atomic E-state index is 13.7. The van der Waals surface area contributed by atoms with E-state index in [1.807, 2.05) is 60.7 Å². The fraction of sp³-hybridized carbons (Fsp3) is 0.353. The second kappa shape index (κ2) is 11.0. The normalized spacial score (nSPS) is 24.7. The van der Waals surface area contributed by atoms with E-state index in [1.165, 1.54) is 16.0 Å². The van der Waals surface area contributed by atoms with E-state index in [-0.39, 0.29) is 48.2 Å². The molecule has 2 saturated heterocycles. The van der Waals surface area contributed by atoms with Crippen molar-refractivity contribution in [1.82, 2.24) is 0 Å². The fourth-order valence-electron chi connectivity index (χ4n) is 6.76. The lowest BCUT2D eigenvalue weighted by atomic mass is 9.67. The number of ether oxygens (including phenoxy) is 1. The molecule has 2 amide bonds. The Morgan fingerprint density at radius 2 is 1.70 bits per heavy atom. The van der Waals surface area contributed by atoms with Gasteiger partial charge < -0.3 is 14.3 Å². The van der Waals surface area contributed by atoms with Crippen molar-refractivity contribution in [1.29, 1.82) is 0 Å². The van der Waals surface area contributed by atoms with Crippen molar-refractivity contribution in [3.05, 3.63) is 101 Å². The smallest absolute Gasteiger partial charge is 0.238 e. The second-order valence-electron chi connectivity index (χ2n) is 11.3. The summed E-state index contributed by atoms with van der Waals surface area (Å²) in [5, 5.41) is 9.43. The van der Waals surface area contributed by atoms with E-state index in [0.717, 1.165) is 24.0 Å². The standard InChI is InChI=1S/C34H35NO5/c1-21(2)27-18-28-32(34(38)35(33(28)37)24-11-7-4-8-12-24)29-20-39-30(31(27)29)16-13-23(22-9-5-3-6-10-22)17-25-14-15-26(19-36)40-25/h3-12,14-15,17,21,28-30,32,36H,13,16,18-20H2,1-2H3/b23-17-/t28-,29+,30-,32-/m1/s1. The SMILES string of the molecule is CC(C)C1=C2[C@@H](CC/C(=C/c3ccc(CO)o3)c3ccccc3)OC[C@@H]2[C@@H]2C(=O)N(c3ccccc3)C(=O)[C@@H]2C1. The number of carbonyl (C=O) groups excluding carboxylic acids is 2. The van der Waals surface area contributed by atoms with Crippen molar-refractivity contribution in [2.45, 2.75) is 45.8 Å². The van der Waals surface area contributed by atoms with Crippen molar-refractivity contribution in [2.75, 3.05) is 11.5 Å². The molecule has 6 rings (SSSR count). The Hall–Kier alpha value is -3.74. The van der Waals surface area contributed by atoms with Gasteiger partial charge in [-0.1, -0.05) is 68.0 Å². The molecule has 3 aromatic rings. The number of rotatable bonds is 8. The number of hydrogen-bond donors (Lipinski definition) is 1. The molecular weight excluding hydrogens is 502 g/mol. The quantitative estimate of drug-likeness (QED) is 0.271. The number of amides is 2. The number of allylic oxidation sites excluding steroid dienone is 2. The zero-order chi connectivity index (χ0) is 27.8. The number of aliphatic hydroxyl groups is 1. The summed E-state index contributed by atoms with van der Waals surface area (Å²) in [7, 11) is 0. The van der Waals surface area contributed by atoms with Crippen LogP contribution < -0.4 is 4.90 Å². The maximum absolute atomic E-state index is 13.7. The molecule has 0 radical (unpaired) electrons. The third-order valence-electron chi connectivity index (χ3n) is 8.63. The Morgan fingerprint density at radius 3 is 2.38 bits per heavy atom. The van der Waals surface area contributed by atoms with Crippen LogP contribution in [0.1, 0.15) is 50.2 Å². The first-order valence-corrected chi connectivity index (χ1v) is 14.2. The highest BCUT2D eigenvalue weighted by molar-refractivity contribution is 6.22. The van der Waals surface area contributed by atoms with Gasteiger partial charge in [0.05, 0.1) is 30.2 Å². The van der Waals surface area contributed by atoms with Gasteiger partial charge in [-0.05, 0) is 72.2 Å². The van der Waals surface area contributed by atoms with Gasteiger partial charge in [0.25, 0.3) is 0 Å². The molecular formula is C34H35NO5. The summed E-state index contributed by atoms with van der Waals surface area (Å²) in [5.41, 5.74) is 5.38. The predicted molar refractivity (Wildman–Crippen MR) is 154 cm³/mol. The number of para-hydroxylation sites is 1. The molecule has 40 heavy (non-hydrogen) atoms. The number of hydrogen-bond acceptors (Lipinski definition) is 5. The van der Waals surface area contributed by atoms with Crippen LogP contribution in [0.3, 0.4) is 0 Å². The molecule has 4 atom stereocenters. The molecule has 0 saturated carbocycles. The summed E-state index contributed by atoms with van der Waals surface area (Å²) in [6.45, 7) is 4.68. The monoisotopic (exact) mass is 537 g/mol. The summed E-state index contributed by atoms with van der Waals surface area (Å²) in [4.78, 5) is 28.7. The molecule has 3 aliphatic rings. The van der Waals surface area contributed by atoms with E-state index in [9.17, 15) is 14.7 Å². The number of benzene rings is 2. The zero-order valence-electron chi connectivity index (χ0n) is 23.0. The molecule has 2 aromatic carbocycles. The van der Waals surface area contributed by atoms with Crippen molar-refractivity contribution in [3.8, 4) is 0 Å². The maximum Gasteiger partial charge on any atom is 0.238 e. The number of imide groups is 1. The van der Waals surface area contributed by atoms with Crippen LogP contribution in [0.25, 0.3) is 11.6 Å². The molecule has 2 aliphatic heterocycles. The van der Waals surface area contributed by atoms with Crippen molar-refractivity contribution in [3.63, 3.8) is 0 Å². The van der Waals surface area contributed by atoms with E-state index < -0.39 is 0 Å². The molecule has 1 aromatic heterocycles. The minimum Gasteiger partial charge on any atom is -0.459 e. The lowest BCUT2D eigenvalue weighted by Gasteiger charge is -2.33. The first-order valence-electron chi connectivity index (χ1n) is 14.2. The van der Waals surface area contributed by atoms with Crippen LogP contribution in [-0.2, 0) is 20.9 Å². The van der Waals surface area contributed by atoms with Crippen LogP contribution in [0.2, 0.25) is 0 Å². The van der Waals surface area contributed by atoms with Crippen molar-refractivity contribution >= 4 is 29.2 Å². The Bertz CT molecular complexity index is 1450. The minimum absolute atomic E-state index is 0.0762. The Labute approximate surface area is 235 Å². The highest BCUT2D eigenvalue weighted by Gasteiger charge is 2.57. The van der Waals surface area contributed by atoms with Crippen LogP contribution in [-0.4, -0.2) is 29.6 Å². The van der Waals surface area contributed by atoms with Crippen LogP contribution in [0.4, 0.5) is 5.69 Å². The average molecular weight is 538 g/mol. The molecule has 6 heteroatoms. The molecule has 2 fully saturated rings. The average Bonchev–Trinajstić information content (AvgIpc) is 3.68. The molecule has 0 unspecified atom stereocenters. The third kappa shape index (κ3) is 4.76. The molecule has 6 nitrogen and oxygen atoms in total. The largest absolute Gasteiger partial charge is 0.459 e. The number of furan rings is 1. The summed E-state index contributed by atoms with van der Waals surface area (Å²) in [6, 6.07) is 23.2. The van der Waals surface area contributed by atoms with E-state index in [1.54, 1.807) is 6.07 Å². The summed E-state index contributed by atoms with van der Waals surface area (Å²) in [5.74, 6) is 0.527. The van der Waals surface area contributed by atoms with Crippen LogP contribution in [0.5, 0.6) is 0 Å². The summed E-state index contributed by atoms with van der Waals surface area (Å²) in [6.07, 6.45) is 4.06. The van der Waals surface area contributed by atoms with Gasteiger partial charge in [0.15, 0.2) is 0 Å². The third-order valence-corrected chi connectivity index (χ3v) is 8.63. The van der Waals surface area contributed by atoms with Gasteiger partial charge in [-0.25, -0.2) is 0 Å². The Balaban J connectivity index is 1.28. The number of fused-ring (bicyclic) bond motifs is 3. The fourth-order valence-corrected chi connectivity index (χ4v) is 6.76. The van der Waals surface area contributed by atoms with Gasteiger partial charge in [-0.15, -0.1) is 0 Å². The van der Waals surface area contributed by atoms with Crippen LogP contribution >= 0.6 is 0 Å². The lowest BCUT2D eigenvalue weighted by Crippen LogP contribution is -2.35. The van der Waals surface area contributed by atoms with Gasteiger partial charge in [-0.3, -0.25) is 14.5 Å². The zero-order valence-corrected chi connectivity index (χ0v) is 23.0. The van der Waals surface area contributed by atoms with Gasteiger partial charge >= 0.3 is 0 Å². The minimum atomic E-state index is -0.376. The summed E-state index contributed by atoms with van der Waals surface area (Å²) >= 11 is 0. The molecule has 206 valence electrons. The van der Waals surface area contributed by atoms with Gasteiger partial charge in [0, 0.05) is 5.92 Å². The predicted octanol–water partition coefficient (Wildman–Crippen LogP) is 6.27. The second-order valence-corrected chi connectivity index (χ2v) is 11.3. The number of anilines is 1. The van der Waals surface area contributed by atoms with Crippen LogP contribution in [0.15, 0.2) is 88.4 Å². The highest BCUT2D eigenvalue weighted by atomic mass is 16.5. The molecule has 0 bridgehead atoms. The first-order chi connectivity index (χ1) is 19.5. The lowest BCUT2D eigenvalue weighted by molar-refractivity contribution is -0.122. The topological polar surface area (TPSA) is 80.0 Å². The van der Waals surface area contributed by atoms with E-state index >= 15 is 0 Å². The molecule has 0 spiro atoms. The first kappa shape index (κ1) is 26.5. The van der Waals surface area contributed by atoms with Gasteiger partial charge in [0.2, 0.25) is 11.8 Å². The van der Waals surface area contributed by atoms with Gasteiger partial charge in [0.1, 0.15) is 18.1 Å². The Kier molecular flexibility index (Phi) is 7.30. The molecule has 1 N–H and O–H groups in total. The number of nitrogens with zero attached hydrogens (tertiary/aromatic N) is 1. The Morgan fingerprint density at radius 1 is 0.975 bits per heavy atom. The van der Waals surface area contributed by atoms with E-state index in [4.69, 9.17) is 9.15 Å². The van der Waals surface area contributed by atoms with Crippen molar-refractivity contribution in [2.24, 2.45) is 23.7 Å². The number of carbonyl (C=O) groups is 2. The highest BCUT2D eigenvalue weighted by Crippen LogP contribution is 2.52. The van der Waals surface area contributed by atoms with Crippen LogP contribution in [0, 0.1) is 23.7 Å². The molecule has 1 aliphatic carbocycles.